The quantitative estimate of drug-likeness (QED) is 0.537. The molecule has 1 aromatic carbocycles. The van der Waals surface area contributed by atoms with Crippen molar-refractivity contribution in [3.8, 4) is 5.75 Å². The first-order valence-electron chi connectivity index (χ1n) is 9.89. The van der Waals surface area contributed by atoms with Crippen molar-refractivity contribution in [3.63, 3.8) is 0 Å². The highest BCUT2D eigenvalue weighted by Gasteiger charge is 2.33. The van der Waals surface area contributed by atoms with Crippen molar-refractivity contribution < 1.29 is 32.5 Å². The van der Waals surface area contributed by atoms with Crippen molar-refractivity contribution in [2.24, 2.45) is 5.92 Å². The van der Waals surface area contributed by atoms with Gasteiger partial charge in [0.15, 0.2) is 5.76 Å². The van der Waals surface area contributed by atoms with Crippen LogP contribution in [0.5, 0.6) is 5.75 Å². The van der Waals surface area contributed by atoms with Crippen LogP contribution in [0, 0.1) is 5.92 Å². The molecular weight excluding hydrogens is 412 g/mol. The number of amides is 1. The summed E-state index contributed by atoms with van der Waals surface area (Å²) in [7, 11) is -2.30. The van der Waals surface area contributed by atoms with E-state index >= 15 is 0 Å². The molecule has 10 heteroatoms. The standard InChI is InChI=1S/C20H28N2O7S/c1-15-13-18(20(24)21-7-8-21)29-19(14-15)28-12-10-22(9-11-23)30(25,26)17-5-3-16(27-2)4-6-17/h3-6,13,15,19,23H,7-12,14H2,1-2H3/t15-,19+/m1/s1. The Hall–Kier alpha value is -2.14. The SMILES string of the molecule is COc1ccc(S(=O)(=O)N(CCO)CCO[C@@H]2C[C@H](C)C=C(C(=O)N3CC3)O2)cc1. The highest BCUT2D eigenvalue weighted by molar-refractivity contribution is 7.89. The fourth-order valence-electron chi connectivity index (χ4n) is 3.14. The number of allylic oxidation sites excluding steroid dienone is 1. The lowest BCUT2D eigenvalue weighted by molar-refractivity contribution is -0.151. The minimum absolute atomic E-state index is 0.0439. The average Bonchev–Trinajstić information content (AvgIpc) is 3.57. The van der Waals surface area contributed by atoms with E-state index in [1.807, 2.05) is 6.92 Å². The van der Waals surface area contributed by atoms with Crippen molar-refractivity contribution in [1.82, 2.24) is 9.21 Å². The molecule has 1 aromatic rings. The van der Waals surface area contributed by atoms with Crippen LogP contribution in [0.25, 0.3) is 0 Å². The largest absolute Gasteiger partial charge is 0.497 e. The Morgan fingerprint density at radius 2 is 1.97 bits per heavy atom. The Morgan fingerprint density at radius 3 is 2.57 bits per heavy atom. The molecular formula is C20H28N2O7S. The molecule has 2 aliphatic heterocycles. The fourth-order valence-corrected chi connectivity index (χ4v) is 4.55. The van der Waals surface area contributed by atoms with Gasteiger partial charge < -0.3 is 24.2 Å². The molecule has 2 atom stereocenters. The number of carbonyl (C=O) groups is 1. The van der Waals surface area contributed by atoms with E-state index in [2.05, 4.69) is 0 Å². The van der Waals surface area contributed by atoms with E-state index in [0.717, 1.165) is 13.1 Å². The zero-order valence-electron chi connectivity index (χ0n) is 17.2. The van der Waals surface area contributed by atoms with Crippen LogP contribution in [0.4, 0.5) is 0 Å². The van der Waals surface area contributed by atoms with Gasteiger partial charge in [-0.05, 0) is 36.3 Å². The fraction of sp³-hybridized carbons (Fsp3) is 0.550. The maximum Gasteiger partial charge on any atom is 0.288 e. The molecule has 30 heavy (non-hydrogen) atoms. The Bertz CT molecular complexity index is 866. The van der Waals surface area contributed by atoms with Gasteiger partial charge in [0.1, 0.15) is 5.75 Å². The van der Waals surface area contributed by atoms with E-state index in [1.54, 1.807) is 23.1 Å². The predicted molar refractivity (Wildman–Crippen MR) is 108 cm³/mol. The smallest absolute Gasteiger partial charge is 0.288 e. The van der Waals surface area contributed by atoms with Crippen LogP contribution in [0.1, 0.15) is 13.3 Å². The molecule has 1 amide bonds. The first-order valence-corrected chi connectivity index (χ1v) is 11.3. The monoisotopic (exact) mass is 440 g/mol. The van der Waals surface area contributed by atoms with Crippen molar-refractivity contribution in [2.45, 2.75) is 24.5 Å². The van der Waals surface area contributed by atoms with Gasteiger partial charge in [0.2, 0.25) is 16.3 Å². The summed E-state index contributed by atoms with van der Waals surface area (Å²) in [6, 6.07) is 6.06. The second-order valence-electron chi connectivity index (χ2n) is 7.26. The Balaban J connectivity index is 1.59. The Morgan fingerprint density at radius 1 is 1.27 bits per heavy atom. The molecule has 0 aliphatic carbocycles. The third kappa shape index (κ3) is 5.51. The van der Waals surface area contributed by atoms with Crippen molar-refractivity contribution in [1.29, 1.82) is 0 Å². The summed E-state index contributed by atoms with van der Waals surface area (Å²) < 4.78 is 43.5. The number of benzene rings is 1. The van der Waals surface area contributed by atoms with E-state index in [1.165, 1.54) is 23.5 Å². The minimum atomic E-state index is -3.80. The first-order chi connectivity index (χ1) is 14.3. The number of nitrogens with zero attached hydrogens (tertiary/aromatic N) is 2. The zero-order valence-corrected chi connectivity index (χ0v) is 18.0. The number of sulfonamides is 1. The second kappa shape index (κ2) is 9.78. The summed E-state index contributed by atoms with van der Waals surface area (Å²) in [5.74, 6) is 0.808. The number of aliphatic hydroxyl groups is 1. The van der Waals surface area contributed by atoms with E-state index < -0.39 is 16.3 Å². The van der Waals surface area contributed by atoms with Crippen LogP contribution in [0.3, 0.4) is 0 Å². The van der Waals surface area contributed by atoms with Crippen LogP contribution >= 0.6 is 0 Å². The number of aliphatic hydroxyl groups excluding tert-OH is 1. The highest BCUT2D eigenvalue weighted by Crippen LogP contribution is 2.26. The van der Waals surface area contributed by atoms with E-state index in [-0.39, 0.29) is 48.8 Å². The molecule has 0 radical (unpaired) electrons. The average molecular weight is 441 g/mol. The van der Waals surface area contributed by atoms with Gasteiger partial charge >= 0.3 is 0 Å². The van der Waals surface area contributed by atoms with Gasteiger partial charge in [-0.25, -0.2) is 8.42 Å². The molecule has 0 unspecified atom stereocenters. The topological polar surface area (TPSA) is 105 Å². The first kappa shape index (κ1) is 22.5. The lowest BCUT2D eigenvalue weighted by Crippen LogP contribution is -2.37. The molecule has 0 spiro atoms. The normalized spacial score (nSPS) is 21.2. The van der Waals surface area contributed by atoms with Crippen molar-refractivity contribution >= 4 is 15.9 Å². The van der Waals surface area contributed by atoms with Crippen molar-refractivity contribution in [3.05, 3.63) is 36.1 Å². The third-order valence-corrected chi connectivity index (χ3v) is 6.81. The molecule has 0 aromatic heterocycles. The summed E-state index contributed by atoms with van der Waals surface area (Å²) in [6.07, 6.45) is 1.75. The number of hydrogen-bond donors (Lipinski definition) is 1. The van der Waals surface area contributed by atoms with E-state index in [4.69, 9.17) is 14.2 Å². The summed E-state index contributed by atoms with van der Waals surface area (Å²) in [5.41, 5.74) is 0. The van der Waals surface area contributed by atoms with Gasteiger partial charge in [-0.3, -0.25) is 4.79 Å². The molecule has 1 fully saturated rings. The van der Waals surface area contributed by atoms with Crippen molar-refractivity contribution in [2.75, 3.05) is 46.5 Å². The highest BCUT2D eigenvalue weighted by atomic mass is 32.2. The van der Waals surface area contributed by atoms with Crippen LogP contribution in [0.2, 0.25) is 0 Å². The molecule has 3 rings (SSSR count). The minimum Gasteiger partial charge on any atom is -0.497 e. The van der Waals surface area contributed by atoms with Gasteiger partial charge in [-0.1, -0.05) is 6.92 Å². The van der Waals surface area contributed by atoms with E-state index in [9.17, 15) is 18.3 Å². The van der Waals surface area contributed by atoms with Gasteiger partial charge in [0, 0.05) is 32.6 Å². The number of hydrogen-bond acceptors (Lipinski definition) is 7. The maximum atomic E-state index is 12.9. The van der Waals surface area contributed by atoms with Crippen LogP contribution in [0.15, 0.2) is 41.0 Å². The lowest BCUT2D eigenvalue weighted by atomic mass is 10.0. The van der Waals surface area contributed by atoms with Crippen LogP contribution in [-0.4, -0.2) is 81.4 Å². The molecule has 2 heterocycles. The van der Waals surface area contributed by atoms with Crippen LogP contribution in [-0.2, 0) is 24.3 Å². The van der Waals surface area contributed by atoms with Gasteiger partial charge in [-0.2, -0.15) is 4.31 Å². The molecule has 166 valence electrons. The zero-order chi connectivity index (χ0) is 21.7. The molecule has 1 saturated heterocycles. The Kier molecular flexibility index (Phi) is 7.35. The summed E-state index contributed by atoms with van der Waals surface area (Å²) >= 11 is 0. The summed E-state index contributed by atoms with van der Waals surface area (Å²) in [4.78, 5) is 14.0. The second-order valence-corrected chi connectivity index (χ2v) is 9.20. The van der Waals surface area contributed by atoms with Gasteiger partial charge in [-0.15, -0.1) is 0 Å². The maximum absolute atomic E-state index is 12.9. The molecule has 2 aliphatic rings. The predicted octanol–water partition coefficient (Wildman–Crippen LogP) is 0.803. The lowest BCUT2D eigenvalue weighted by Gasteiger charge is -2.28. The number of rotatable bonds is 10. The molecule has 0 saturated carbocycles. The number of methoxy groups -OCH3 is 1. The van der Waals surface area contributed by atoms with E-state index in [0.29, 0.717) is 12.2 Å². The molecule has 0 bridgehead atoms. The summed E-state index contributed by atoms with van der Waals surface area (Å²) in [5, 5.41) is 9.32. The number of carbonyl (C=O) groups excluding carboxylic acids is 1. The van der Waals surface area contributed by atoms with Crippen LogP contribution < -0.4 is 4.74 Å². The summed E-state index contributed by atoms with van der Waals surface area (Å²) in [6.45, 7) is 3.18. The van der Waals surface area contributed by atoms with Gasteiger partial charge in [0.05, 0.1) is 25.2 Å². The van der Waals surface area contributed by atoms with Gasteiger partial charge in [0.25, 0.3) is 5.91 Å². The molecule has 1 N–H and O–H groups in total. The number of ether oxygens (including phenoxy) is 3. The Labute approximate surface area is 176 Å². The third-order valence-electron chi connectivity index (χ3n) is 4.89. The molecule has 9 nitrogen and oxygen atoms in total.